The first kappa shape index (κ1) is 15.9. The highest BCUT2D eigenvalue weighted by atomic mass is 16.5. The van der Waals surface area contributed by atoms with Crippen molar-refractivity contribution in [2.45, 2.75) is 58.5 Å². The number of ether oxygens (including phenoxy) is 1. The third kappa shape index (κ3) is 4.76. The van der Waals surface area contributed by atoms with E-state index in [9.17, 15) is 4.79 Å². The standard InChI is InChI=1S/C18H27NO2/c1-14(2)15(3)19(16-11-12-16)18(20)10-7-13-21-17-8-5-4-6-9-17/h4-6,8-9,14-16H,7,10-13H2,1-3H3. The van der Waals surface area contributed by atoms with Crippen LogP contribution in [0.1, 0.15) is 46.5 Å². The Kier molecular flexibility index (Phi) is 5.66. The fraction of sp³-hybridized carbons (Fsp3) is 0.611. The molecule has 0 aliphatic heterocycles. The number of carbonyl (C=O) groups is 1. The van der Waals surface area contributed by atoms with Crippen LogP contribution in [0.4, 0.5) is 0 Å². The smallest absolute Gasteiger partial charge is 0.223 e. The molecule has 1 atom stereocenters. The van der Waals surface area contributed by atoms with E-state index in [4.69, 9.17) is 4.74 Å². The molecule has 116 valence electrons. The lowest BCUT2D eigenvalue weighted by molar-refractivity contribution is -0.135. The summed E-state index contributed by atoms with van der Waals surface area (Å²) in [4.78, 5) is 14.6. The normalized spacial score (nSPS) is 15.8. The van der Waals surface area contributed by atoms with Crippen LogP contribution in [0.2, 0.25) is 0 Å². The van der Waals surface area contributed by atoms with Crippen LogP contribution in [0.25, 0.3) is 0 Å². The van der Waals surface area contributed by atoms with E-state index in [2.05, 4.69) is 25.7 Å². The molecule has 1 saturated carbocycles. The third-order valence-electron chi connectivity index (χ3n) is 4.18. The van der Waals surface area contributed by atoms with Gasteiger partial charge in [-0.15, -0.1) is 0 Å². The van der Waals surface area contributed by atoms with Crippen LogP contribution in [0.3, 0.4) is 0 Å². The van der Waals surface area contributed by atoms with Gasteiger partial charge in [-0.2, -0.15) is 0 Å². The zero-order valence-electron chi connectivity index (χ0n) is 13.4. The lowest BCUT2D eigenvalue weighted by Gasteiger charge is -2.32. The molecule has 1 amide bonds. The fourth-order valence-electron chi connectivity index (χ4n) is 2.50. The minimum atomic E-state index is 0.287. The van der Waals surface area contributed by atoms with Crippen molar-refractivity contribution in [2.24, 2.45) is 5.92 Å². The molecule has 3 heteroatoms. The molecular weight excluding hydrogens is 262 g/mol. The van der Waals surface area contributed by atoms with Crippen molar-refractivity contribution in [2.75, 3.05) is 6.61 Å². The van der Waals surface area contributed by atoms with Crippen molar-refractivity contribution in [3.63, 3.8) is 0 Å². The highest BCUT2D eigenvalue weighted by molar-refractivity contribution is 5.77. The molecule has 0 radical (unpaired) electrons. The van der Waals surface area contributed by atoms with Gasteiger partial charge in [-0.05, 0) is 44.2 Å². The first-order chi connectivity index (χ1) is 10.1. The van der Waals surface area contributed by atoms with Crippen molar-refractivity contribution in [3.05, 3.63) is 30.3 Å². The second kappa shape index (κ2) is 7.48. The Morgan fingerprint density at radius 2 is 1.90 bits per heavy atom. The topological polar surface area (TPSA) is 29.5 Å². The van der Waals surface area contributed by atoms with Crippen molar-refractivity contribution in [1.82, 2.24) is 4.90 Å². The van der Waals surface area contributed by atoms with Gasteiger partial charge in [0.2, 0.25) is 5.91 Å². The van der Waals surface area contributed by atoms with Crippen molar-refractivity contribution in [1.29, 1.82) is 0 Å². The molecule has 1 aliphatic rings. The lowest BCUT2D eigenvalue weighted by atomic mass is 10.0. The third-order valence-corrected chi connectivity index (χ3v) is 4.18. The number of rotatable bonds is 8. The summed E-state index contributed by atoms with van der Waals surface area (Å²) in [6.07, 6.45) is 3.70. The highest BCUT2D eigenvalue weighted by Gasteiger charge is 2.36. The Morgan fingerprint density at radius 3 is 2.48 bits per heavy atom. The summed E-state index contributed by atoms with van der Waals surface area (Å²) in [5, 5.41) is 0. The van der Waals surface area contributed by atoms with Gasteiger partial charge in [0.05, 0.1) is 6.61 Å². The number of para-hydroxylation sites is 1. The first-order valence-corrected chi connectivity index (χ1v) is 8.08. The molecule has 3 nitrogen and oxygen atoms in total. The SMILES string of the molecule is CC(C)C(C)N(C(=O)CCCOc1ccccc1)C1CC1. The number of benzene rings is 1. The molecule has 0 bridgehead atoms. The van der Waals surface area contributed by atoms with Crippen LogP contribution < -0.4 is 4.74 Å². The van der Waals surface area contributed by atoms with Gasteiger partial charge in [-0.25, -0.2) is 0 Å². The number of nitrogens with zero attached hydrogens (tertiary/aromatic N) is 1. The lowest BCUT2D eigenvalue weighted by Crippen LogP contribution is -2.43. The average molecular weight is 289 g/mol. The Balaban J connectivity index is 1.75. The Hall–Kier alpha value is -1.51. The molecule has 21 heavy (non-hydrogen) atoms. The van der Waals surface area contributed by atoms with E-state index in [1.54, 1.807) is 0 Å². The second-order valence-electron chi connectivity index (χ2n) is 6.28. The van der Waals surface area contributed by atoms with E-state index < -0.39 is 0 Å². The summed E-state index contributed by atoms with van der Waals surface area (Å²) >= 11 is 0. The average Bonchev–Trinajstić information content (AvgIpc) is 3.29. The van der Waals surface area contributed by atoms with Crippen LogP contribution in [0.5, 0.6) is 5.75 Å². The van der Waals surface area contributed by atoms with Gasteiger partial charge in [0.1, 0.15) is 5.75 Å². The fourth-order valence-corrected chi connectivity index (χ4v) is 2.50. The van der Waals surface area contributed by atoms with Crippen LogP contribution in [0.15, 0.2) is 30.3 Å². The maximum absolute atomic E-state index is 12.5. The quantitative estimate of drug-likeness (QED) is 0.680. The Labute approximate surface area is 128 Å². The van der Waals surface area contributed by atoms with Crippen molar-refractivity contribution < 1.29 is 9.53 Å². The largest absolute Gasteiger partial charge is 0.494 e. The Bertz CT molecular complexity index is 440. The van der Waals surface area contributed by atoms with E-state index in [-0.39, 0.29) is 5.91 Å². The van der Waals surface area contributed by atoms with Crippen LogP contribution >= 0.6 is 0 Å². The molecule has 1 aliphatic carbocycles. The molecular formula is C18H27NO2. The van der Waals surface area contributed by atoms with Gasteiger partial charge in [-0.1, -0.05) is 32.0 Å². The van der Waals surface area contributed by atoms with Crippen molar-refractivity contribution >= 4 is 5.91 Å². The molecule has 0 saturated heterocycles. The van der Waals surface area contributed by atoms with E-state index >= 15 is 0 Å². The van der Waals surface area contributed by atoms with Crippen molar-refractivity contribution in [3.8, 4) is 5.75 Å². The second-order valence-corrected chi connectivity index (χ2v) is 6.28. The van der Waals surface area contributed by atoms with E-state index in [1.165, 1.54) is 12.8 Å². The van der Waals surface area contributed by atoms with Crippen LogP contribution in [-0.4, -0.2) is 29.5 Å². The summed E-state index contributed by atoms with van der Waals surface area (Å²) in [6.45, 7) is 7.14. The summed E-state index contributed by atoms with van der Waals surface area (Å²) in [5.41, 5.74) is 0. The molecule has 1 fully saturated rings. The first-order valence-electron chi connectivity index (χ1n) is 8.08. The van der Waals surface area contributed by atoms with E-state index in [0.717, 1.165) is 12.2 Å². The number of hydrogen-bond donors (Lipinski definition) is 0. The highest BCUT2D eigenvalue weighted by Crippen LogP contribution is 2.31. The van der Waals surface area contributed by atoms with Gasteiger partial charge in [0.25, 0.3) is 0 Å². The number of amides is 1. The summed E-state index contributed by atoms with van der Waals surface area (Å²) in [6, 6.07) is 10.6. The molecule has 2 rings (SSSR count). The van der Waals surface area contributed by atoms with Gasteiger partial charge in [-0.3, -0.25) is 4.79 Å². The number of hydrogen-bond acceptors (Lipinski definition) is 2. The zero-order valence-corrected chi connectivity index (χ0v) is 13.4. The zero-order chi connectivity index (χ0) is 15.2. The molecule has 0 spiro atoms. The van der Waals surface area contributed by atoms with Gasteiger partial charge in [0.15, 0.2) is 0 Å². The van der Waals surface area contributed by atoms with Gasteiger partial charge in [0, 0.05) is 18.5 Å². The molecule has 1 aromatic carbocycles. The van der Waals surface area contributed by atoms with Crippen LogP contribution in [-0.2, 0) is 4.79 Å². The number of carbonyl (C=O) groups excluding carboxylic acids is 1. The molecule has 0 aromatic heterocycles. The minimum Gasteiger partial charge on any atom is -0.494 e. The van der Waals surface area contributed by atoms with Gasteiger partial charge < -0.3 is 9.64 Å². The molecule has 0 heterocycles. The maximum atomic E-state index is 12.5. The Morgan fingerprint density at radius 1 is 1.24 bits per heavy atom. The minimum absolute atomic E-state index is 0.287. The maximum Gasteiger partial charge on any atom is 0.223 e. The summed E-state index contributed by atoms with van der Waals surface area (Å²) < 4.78 is 5.65. The monoisotopic (exact) mass is 289 g/mol. The molecule has 1 unspecified atom stereocenters. The van der Waals surface area contributed by atoms with E-state index in [0.29, 0.717) is 31.0 Å². The molecule has 0 N–H and O–H groups in total. The van der Waals surface area contributed by atoms with E-state index in [1.807, 2.05) is 30.3 Å². The molecule has 1 aromatic rings. The predicted molar refractivity (Wildman–Crippen MR) is 85.3 cm³/mol. The van der Waals surface area contributed by atoms with Gasteiger partial charge >= 0.3 is 0 Å². The summed E-state index contributed by atoms with van der Waals surface area (Å²) in [5.74, 6) is 1.67. The summed E-state index contributed by atoms with van der Waals surface area (Å²) in [7, 11) is 0. The predicted octanol–water partition coefficient (Wildman–Crippen LogP) is 3.88. The van der Waals surface area contributed by atoms with Crippen LogP contribution in [0, 0.1) is 5.92 Å².